The van der Waals surface area contributed by atoms with Crippen molar-refractivity contribution in [1.82, 2.24) is 5.43 Å². The number of benzene rings is 1. The second-order valence-corrected chi connectivity index (χ2v) is 3.51. The van der Waals surface area contributed by atoms with E-state index in [1.54, 1.807) is 25.1 Å². The molecule has 1 N–H and O–H groups in total. The fourth-order valence-electron chi connectivity index (χ4n) is 1.52. The van der Waals surface area contributed by atoms with Crippen molar-refractivity contribution in [1.29, 1.82) is 0 Å². The molecule has 0 saturated carbocycles. The number of nitrogens with one attached hydrogen (secondary N) is 1. The zero-order valence-corrected chi connectivity index (χ0v) is 9.01. The lowest BCUT2D eigenvalue weighted by atomic mass is 10.1. The van der Waals surface area contributed by atoms with Gasteiger partial charge in [-0.05, 0) is 19.1 Å². The molecule has 2 rings (SSSR count). The van der Waals surface area contributed by atoms with Crippen molar-refractivity contribution in [3.8, 4) is 0 Å². The van der Waals surface area contributed by atoms with Gasteiger partial charge in [0.1, 0.15) is 0 Å². The number of nitro benzene ring substituents is 1. The van der Waals surface area contributed by atoms with E-state index >= 15 is 0 Å². The molecule has 1 heterocycles. The fraction of sp³-hybridized carbons (Fsp3) is 0.0909. The number of nitrogens with zero attached hydrogens (tertiary/aromatic N) is 2. The molecule has 0 spiro atoms. The molecule has 6 heteroatoms. The number of para-hydroxylation sites is 1. The Balaban J connectivity index is 2.49. The highest BCUT2D eigenvalue weighted by molar-refractivity contribution is 6.26. The van der Waals surface area contributed by atoms with Crippen LogP contribution in [0.3, 0.4) is 0 Å². The molecule has 0 fully saturated rings. The highest BCUT2D eigenvalue weighted by Crippen LogP contribution is 2.21. The van der Waals surface area contributed by atoms with Gasteiger partial charge in [-0.3, -0.25) is 14.9 Å². The first-order valence-corrected chi connectivity index (χ1v) is 4.89. The molecule has 17 heavy (non-hydrogen) atoms. The van der Waals surface area contributed by atoms with Crippen molar-refractivity contribution in [3.05, 3.63) is 45.5 Å². The van der Waals surface area contributed by atoms with Crippen molar-refractivity contribution in [2.75, 3.05) is 0 Å². The van der Waals surface area contributed by atoms with Gasteiger partial charge in [0.2, 0.25) is 0 Å². The predicted octanol–water partition coefficient (Wildman–Crippen LogP) is 1.48. The highest BCUT2D eigenvalue weighted by Gasteiger charge is 2.20. The van der Waals surface area contributed by atoms with E-state index in [1.807, 2.05) is 0 Å². The zero-order valence-electron chi connectivity index (χ0n) is 9.01. The first-order chi connectivity index (χ1) is 8.09. The van der Waals surface area contributed by atoms with Gasteiger partial charge >= 0.3 is 0 Å². The van der Waals surface area contributed by atoms with Gasteiger partial charge in [0.15, 0.2) is 0 Å². The molecule has 86 valence electrons. The van der Waals surface area contributed by atoms with Gasteiger partial charge in [-0.25, -0.2) is 5.43 Å². The molecule has 0 atom stereocenters. The van der Waals surface area contributed by atoms with Crippen molar-refractivity contribution in [2.45, 2.75) is 6.92 Å². The van der Waals surface area contributed by atoms with Crippen molar-refractivity contribution in [2.24, 2.45) is 5.10 Å². The molecule has 1 aromatic rings. The summed E-state index contributed by atoms with van der Waals surface area (Å²) in [5.41, 5.74) is 3.52. The molecule has 1 aliphatic rings. The molecule has 0 aromatic heterocycles. The number of hydrogen-bond donors (Lipinski definition) is 1. The van der Waals surface area contributed by atoms with E-state index in [-0.39, 0.29) is 11.6 Å². The molecule has 0 radical (unpaired) electrons. The molecule has 1 aromatic carbocycles. The number of hydrogen-bond acceptors (Lipinski definition) is 4. The van der Waals surface area contributed by atoms with E-state index in [4.69, 9.17) is 0 Å². The molecule has 1 aliphatic heterocycles. The summed E-state index contributed by atoms with van der Waals surface area (Å²) < 4.78 is 0. The normalized spacial score (nSPS) is 16.9. The first kappa shape index (κ1) is 11.0. The van der Waals surface area contributed by atoms with Crippen LogP contribution < -0.4 is 5.43 Å². The monoisotopic (exact) mass is 231 g/mol. The Labute approximate surface area is 96.8 Å². The van der Waals surface area contributed by atoms with E-state index in [1.165, 1.54) is 12.1 Å². The van der Waals surface area contributed by atoms with Gasteiger partial charge in [0.05, 0.1) is 21.8 Å². The maximum Gasteiger partial charge on any atom is 0.276 e. The lowest BCUT2D eigenvalue weighted by molar-refractivity contribution is -0.385. The molecule has 0 aliphatic carbocycles. The Kier molecular flexibility index (Phi) is 2.70. The Hall–Kier alpha value is -2.50. The summed E-state index contributed by atoms with van der Waals surface area (Å²) in [6.07, 6.45) is 1.47. The van der Waals surface area contributed by atoms with E-state index in [0.717, 1.165) is 0 Å². The number of carbonyl (C=O) groups excluding carboxylic acids is 1. The van der Waals surface area contributed by atoms with Crippen LogP contribution in [-0.4, -0.2) is 16.5 Å². The van der Waals surface area contributed by atoms with Crippen molar-refractivity contribution >= 4 is 23.4 Å². The molecule has 0 unspecified atom stereocenters. The zero-order chi connectivity index (χ0) is 12.4. The maximum atomic E-state index is 11.4. The SMILES string of the molecule is CC1=NNC(=O)/C1=C/c1ccccc1[N+](=O)[O-]. The molecular formula is C11H9N3O3. The van der Waals surface area contributed by atoms with Crippen LogP contribution in [0.1, 0.15) is 12.5 Å². The average Bonchev–Trinajstić information content (AvgIpc) is 2.61. The minimum atomic E-state index is -0.480. The quantitative estimate of drug-likeness (QED) is 0.475. The Bertz CT molecular complexity index is 561. The molecule has 0 saturated heterocycles. The maximum absolute atomic E-state index is 11.4. The van der Waals surface area contributed by atoms with E-state index in [9.17, 15) is 14.9 Å². The van der Waals surface area contributed by atoms with Crippen LogP contribution in [0.25, 0.3) is 6.08 Å². The average molecular weight is 231 g/mol. The summed E-state index contributed by atoms with van der Waals surface area (Å²) in [5, 5.41) is 14.6. The second-order valence-electron chi connectivity index (χ2n) is 3.51. The van der Waals surface area contributed by atoms with Crippen molar-refractivity contribution in [3.63, 3.8) is 0 Å². The second kappa shape index (κ2) is 4.17. The van der Waals surface area contributed by atoms with E-state index < -0.39 is 4.92 Å². The summed E-state index contributed by atoms with van der Waals surface area (Å²) >= 11 is 0. The first-order valence-electron chi connectivity index (χ1n) is 4.89. The Morgan fingerprint density at radius 1 is 1.41 bits per heavy atom. The topological polar surface area (TPSA) is 84.6 Å². The number of rotatable bonds is 2. The van der Waals surface area contributed by atoms with Crippen LogP contribution >= 0.6 is 0 Å². The third-order valence-corrected chi connectivity index (χ3v) is 2.39. The van der Waals surface area contributed by atoms with Gasteiger partial charge in [-0.2, -0.15) is 5.10 Å². The van der Waals surface area contributed by atoms with Gasteiger partial charge < -0.3 is 0 Å². The number of hydrazone groups is 1. The summed E-state index contributed by atoms with van der Waals surface area (Å²) in [5.74, 6) is -0.347. The molecular weight excluding hydrogens is 222 g/mol. The molecule has 0 bridgehead atoms. The summed E-state index contributed by atoms with van der Waals surface area (Å²) in [6.45, 7) is 1.67. The van der Waals surface area contributed by atoms with E-state index in [2.05, 4.69) is 10.5 Å². The van der Waals surface area contributed by atoms with Crippen LogP contribution in [0.5, 0.6) is 0 Å². The van der Waals surface area contributed by atoms with Gasteiger partial charge in [-0.1, -0.05) is 12.1 Å². The molecule has 1 amide bonds. The van der Waals surface area contributed by atoms with Crippen LogP contribution in [0.2, 0.25) is 0 Å². The predicted molar refractivity (Wildman–Crippen MR) is 62.3 cm³/mol. The van der Waals surface area contributed by atoms with Crippen LogP contribution in [0, 0.1) is 10.1 Å². The smallest absolute Gasteiger partial charge is 0.267 e. The Morgan fingerprint density at radius 2 is 2.12 bits per heavy atom. The van der Waals surface area contributed by atoms with Crippen LogP contribution in [0.15, 0.2) is 34.9 Å². The Morgan fingerprint density at radius 3 is 2.71 bits per heavy atom. The number of nitro groups is 1. The summed E-state index contributed by atoms with van der Waals surface area (Å²) in [4.78, 5) is 21.7. The molecule has 6 nitrogen and oxygen atoms in total. The van der Waals surface area contributed by atoms with Crippen molar-refractivity contribution < 1.29 is 9.72 Å². The van der Waals surface area contributed by atoms with Gasteiger partial charge in [0.25, 0.3) is 11.6 Å². The number of carbonyl (C=O) groups is 1. The summed E-state index contributed by atoms with van der Waals surface area (Å²) in [7, 11) is 0. The van der Waals surface area contributed by atoms with Gasteiger partial charge in [0, 0.05) is 6.07 Å². The van der Waals surface area contributed by atoms with Crippen LogP contribution in [0.4, 0.5) is 5.69 Å². The number of amides is 1. The third kappa shape index (κ3) is 2.05. The minimum absolute atomic E-state index is 0.0347. The summed E-state index contributed by atoms with van der Waals surface area (Å²) in [6, 6.07) is 6.24. The third-order valence-electron chi connectivity index (χ3n) is 2.39. The minimum Gasteiger partial charge on any atom is -0.267 e. The highest BCUT2D eigenvalue weighted by atomic mass is 16.6. The van der Waals surface area contributed by atoms with Crippen LogP contribution in [-0.2, 0) is 4.79 Å². The van der Waals surface area contributed by atoms with Gasteiger partial charge in [-0.15, -0.1) is 0 Å². The largest absolute Gasteiger partial charge is 0.276 e. The van der Waals surface area contributed by atoms with E-state index in [0.29, 0.717) is 16.8 Å². The fourth-order valence-corrected chi connectivity index (χ4v) is 1.52. The standard InChI is InChI=1S/C11H9N3O3/c1-7-9(11(15)13-12-7)6-8-4-2-3-5-10(8)14(16)17/h2-6H,1H3,(H,13,15)/b9-6+. The lowest BCUT2D eigenvalue weighted by Crippen LogP contribution is -2.12. The lowest BCUT2D eigenvalue weighted by Gasteiger charge is -1.98.